The van der Waals surface area contributed by atoms with E-state index >= 15 is 0 Å². The number of ether oxygens (including phenoxy) is 1. The normalized spacial score (nSPS) is 18.6. The Morgan fingerprint density at radius 3 is 2.67 bits per heavy atom. The van der Waals surface area contributed by atoms with Crippen molar-refractivity contribution in [3.8, 4) is 0 Å². The molecule has 4 aromatic rings. The number of rotatable bonds is 4. The molecule has 3 aromatic heterocycles. The Labute approximate surface area is 198 Å². The highest BCUT2D eigenvalue weighted by Crippen LogP contribution is 2.44. The summed E-state index contributed by atoms with van der Waals surface area (Å²) in [6, 6.07) is 10.6. The fourth-order valence-corrected chi connectivity index (χ4v) is 6.22. The number of nitrogens with zero attached hydrogens (tertiary/aromatic N) is 4. The molecule has 0 saturated carbocycles. The van der Waals surface area contributed by atoms with Gasteiger partial charge in [0, 0.05) is 36.5 Å². The van der Waals surface area contributed by atoms with Crippen LogP contribution in [-0.2, 0) is 17.8 Å². The maximum absolute atomic E-state index is 6.25. The molecule has 6 rings (SSSR count). The summed E-state index contributed by atoms with van der Waals surface area (Å²) in [5.74, 6) is 1.99. The predicted molar refractivity (Wildman–Crippen MR) is 135 cm³/mol. The Balaban J connectivity index is 1.52. The number of fused-ring (bicyclic) bond motifs is 5. The average molecular weight is 460 g/mol. The lowest BCUT2D eigenvalue weighted by atomic mass is 9.90. The molecular formula is C26H29N5OS. The molecule has 5 heterocycles. The molecule has 0 bridgehead atoms. The second-order valence-corrected chi connectivity index (χ2v) is 10.8. The summed E-state index contributed by atoms with van der Waals surface area (Å²) in [6.07, 6.45) is 5.00. The highest BCUT2D eigenvalue weighted by atomic mass is 32.1. The van der Waals surface area contributed by atoms with E-state index < -0.39 is 0 Å². The molecular weight excluding hydrogens is 430 g/mol. The standard InChI is InChI=1S/C26H29N5OS/c1-16(17-9-5-4-6-10-17)29-23-22-21(27-15-28-23)20-18-13-26(2,3)32-14-19(18)24(30-25(20)33-22)31-11-7-8-12-31/h4-6,9-10,15-16H,7-8,11-14H2,1-3H3,(H,27,28,29)/t16-/m1/s1. The maximum atomic E-state index is 6.25. The summed E-state index contributed by atoms with van der Waals surface area (Å²) in [5, 5.41) is 4.81. The largest absolute Gasteiger partial charge is 0.370 e. The predicted octanol–water partition coefficient (Wildman–Crippen LogP) is 5.86. The quantitative estimate of drug-likeness (QED) is 0.412. The summed E-state index contributed by atoms with van der Waals surface area (Å²) in [7, 11) is 0. The van der Waals surface area contributed by atoms with Crippen LogP contribution in [0.15, 0.2) is 36.7 Å². The van der Waals surface area contributed by atoms with Gasteiger partial charge in [0.05, 0.1) is 22.4 Å². The van der Waals surface area contributed by atoms with E-state index in [0.717, 1.165) is 46.2 Å². The van der Waals surface area contributed by atoms with E-state index in [1.165, 1.54) is 34.9 Å². The molecule has 0 amide bonds. The molecule has 7 heteroatoms. The minimum Gasteiger partial charge on any atom is -0.370 e. The van der Waals surface area contributed by atoms with Gasteiger partial charge in [0.25, 0.3) is 0 Å². The van der Waals surface area contributed by atoms with E-state index in [9.17, 15) is 0 Å². The number of thiophene rings is 1. The molecule has 2 aliphatic rings. The first-order chi connectivity index (χ1) is 16.0. The number of nitrogens with one attached hydrogen (secondary N) is 1. The SMILES string of the molecule is C[C@@H](Nc1ncnc2c1sc1nc(N3CCCC3)c3c(c12)CC(C)(C)OC3)c1ccccc1. The number of hydrogen-bond donors (Lipinski definition) is 1. The van der Waals surface area contributed by atoms with Crippen molar-refractivity contribution in [2.75, 3.05) is 23.3 Å². The zero-order chi connectivity index (χ0) is 22.6. The van der Waals surface area contributed by atoms with Gasteiger partial charge in [-0.2, -0.15) is 0 Å². The molecule has 0 spiro atoms. The highest BCUT2D eigenvalue weighted by molar-refractivity contribution is 7.26. The molecule has 1 N–H and O–H groups in total. The number of pyridine rings is 1. The summed E-state index contributed by atoms with van der Waals surface area (Å²) in [4.78, 5) is 18.1. The third kappa shape index (κ3) is 3.63. The topological polar surface area (TPSA) is 63.2 Å². The minimum atomic E-state index is -0.201. The fourth-order valence-electron chi connectivity index (χ4n) is 5.11. The highest BCUT2D eigenvalue weighted by Gasteiger charge is 2.33. The molecule has 2 aliphatic heterocycles. The lowest BCUT2D eigenvalue weighted by molar-refractivity contribution is -0.0395. The van der Waals surface area contributed by atoms with Gasteiger partial charge in [-0.15, -0.1) is 11.3 Å². The van der Waals surface area contributed by atoms with E-state index in [2.05, 4.69) is 60.2 Å². The molecule has 170 valence electrons. The maximum Gasteiger partial charge on any atom is 0.148 e. The van der Waals surface area contributed by atoms with Gasteiger partial charge in [0.15, 0.2) is 0 Å². The molecule has 1 atom stereocenters. The van der Waals surface area contributed by atoms with Crippen LogP contribution in [0.4, 0.5) is 11.6 Å². The third-order valence-electron chi connectivity index (χ3n) is 6.86. The zero-order valence-corrected chi connectivity index (χ0v) is 20.2. The zero-order valence-electron chi connectivity index (χ0n) is 19.4. The molecule has 33 heavy (non-hydrogen) atoms. The number of anilines is 2. The van der Waals surface area contributed by atoms with Crippen LogP contribution < -0.4 is 10.2 Å². The van der Waals surface area contributed by atoms with Crippen LogP contribution in [0.25, 0.3) is 20.4 Å². The van der Waals surface area contributed by atoms with E-state index in [0.29, 0.717) is 6.61 Å². The molecule has 1 fully saturated rings. The number of hydrogen-bond acceptors (Lipinski definition) is 7. The van der Waals surface area contributed by atoms with Gasteiger partial charge in [0.2, 0.25) is 0 Å². The molecule has 1 aromatic carbocycles. The van der Waals surface area contributed by atoms with Crippen LogP contribution in [0.2, 0.25) is 0 Å². The van der Waals surface area contributed by atoms with Crippen molar-refractivity contribution in [1.29, 1.82) is 0 Å². The second-order valence-electron chi connectivity index (χ2n) is 9.77. The van der Waals surface area contributed by atoms with Crippen molar-refractivity contribution in [3.05, 3.63) is 53.3 Å². The van der Waals surface area contributed by atoms with Gasteiger partial charge in [-0.25, -0.2) is 15.0 Å². The van der Waals surface area contributed by atoms with Gasteiger partial charge >= 0.3 is 0 Å². The van der Waals surface area contributed by atoms with Crippen LogP contribution in [-0.4, -0.2) is 33.6 Å². The molecule has 0 aliphatic carbocycles. The van der Waals surface area contributed by atoms with E-state index in [-0.39, 0.29) is 11.6 Å². The van der Waals surface area contributed by atoms with Crippen molar-refractivity contribution < 1.29 is 4.74 Å². The van der Waals surface area contributed by atoms with Gasteiger partial charge in [-0.1, -0.05) is 30.3 Å². The van der Waals surface area contributed by atoms with Crippen LogP contribution in [0, 0.1) is 0 Å². The smallest absolute Gasteiger partial charge is 0.148 e. The molecule has 0 unspecified atom stereocenters. The molecule has 0 radical (unpaired) electrons. The van der Waals surface area contributed by atoms with Crippen molar-refractivity contribution in [2.24, 2.45) is 0 Å². The van der Waals surface area contributed by atoms with E-state index in [1.807, 2.05) is 6.07 Å². The molecule has 6 nitrogen and oxygen atoms in total. The lowest BCUT2D eigenvalue weighted by Gasteiger charge is -2.34. The monoisotopic (exact) mass is 459 g/mol. The minimum absolute atomic E-state index is 0.142. The Hall–Kier alpha value is -2.77. The Morgan fingerprint density at radius 1 is 1.09 bits per heavy atom. The Bertz CT molecular complexity index is 1330. The number of aromatic nitrogens is 3. The van der Waals surface area contributed by atoms with Crippen molar-refractivity contribution >= 4 is 43.4 Å². The van der Waals surface area contributed by atoms with Crippen molar-refractivity contribution in [2.45, 2.75) is 58.3 Å². The van der Waals surface area contributed by atoms with Crippen LogP contribution in [0.1, 0.15) is 56.3 Å². The Kier molecular flexibility index (Phi) is 4.99. The van der Waals surface area contributed by atoms with Gasteiger partial charge in [-0.3, -0.25) is 0 Å². The molecule has 1 saturated heterocycles. The van der Waals surface area contributed by atoms with Crippen molar-refractivity contribution in [1.82, 2.24) is 15.0 Å². The van der Waals surface area contributed by atoms with Gasteiger partial charge in [0.1, 0.15) is 22.8 Å². The summed E-state index contributed by atoms with van der Waals surface area (Å²) in [6.45, 7) is 9.27. The van der Waals surface area contributed by atoms with E-state index in [1.54, 1.807) is 17.7 Å². The summed E-state index contributed by atoms with van der Waals surface area (Å²) >= 11 is 1.71. The first-order valence-corrected chi connectivity index (χ1v) is 12.6. The van der Waals surface area contributed by atoms with Gasteiger partial charge < -0.3 is 15.0 Å². The Morgan fingerprint density at radius 2 is 1.88 bits per heavy atom. The van der Waals surface area contributed by atoms with Crippen LogP contribution in [0.5, 0.6) is 0 Å². The van der Waals surface area contributed by atoms with Crippen LogP contribution in [0.3, 0.4) is 0 Å². The lowest BCUT2D eigenvalue weighted by Crippen LogP contribution is -2.33. The first-order valence-electron chi connectivity index (χ1n) is 11.8. The van der Waals surface area contributed by atoms with E-state index in [4.69, 9.17) is 14.7 Å². The summed E-state index contributed by atoms with van der Waals surface area (Å²) < 4.78 is 7.32. The number of benzene rings is 1. The van der Waals surface area contributed by atoms with Crippen LogP contribution >= 0.6 is 11.3 Å². The van der Waals surface area contributed by atoms with Crippen molar-refractivity contribution in [3.63, 3.8) is 0 Å². The summed E-state index contributed by atoms with van der Waals surface area (Å²) in [5.41, 5.74) is 4.63. The third-order valence-corrected chi connectivity index (χ3v) is 7.94. The fraction of sp³-hybridized carbons (Fsp3) is 0.423. The van der Waals surface area contributed by atoms with Gasteiger partial charge in [-0.05, 0) is 44.7 Å². The second kappa shape index (κ2) is 7.92. The average Bonchev–Trinajstić information content (AvgIpc) is 3.47. The first kappa shape index (κ1) is 20.8.